The molecule has 128 valence electrons. The van der Waals surface area contributed by atoms with E-state index in [0.717, 1.165) is 18.9 Å². The number of rotatable bonds is 3. The van der Waals surface area contributed by atoms with Gasteiger partial charge in [-0.15, -0.1) is 0 Å². The standard InChI is InChI=1S/C18H14F2N2O3/c19-10-3-5-11(6-4-10)25-16-8-12-14(9-13(16)20)21-17(22-18(12)23)15-2-1-7-24-15/h3-6,8-9,15H,1-2,7H2,(H,21,22,23)/t15-/m1/s1. The van der Waals surface area contributed by atoms with Crippen molar-refractivity contribution in [2.75, 3.05) is 6.61 Å². The van der Waals surface area contributed by atoms with Gasteiger partial charge in [0, 0.05) is 12.7 Å². The Morgan fingerprint density at radius 2 is 2.00 bits per heavy atom. The Hall–Kier alpha value is -2.80. The molecule has 0 spiro atoms. The highest BCUT2D eigenvalue weighted by atomic mass is 19.1. The SMILES string of the molecule is O=c1[nH]c([C@H]2CCCO2)nc2cc(F)c(Oc3ccc(F)cc3)cc12. The van der Waals surface area contributed by atoms with Crippen molar-refractivity contribution in [1.29, 1.82) is 0 Å². The summed E-state index contributed by atoms with van der Waals surface area (Å²) in [6.07, 6.45) is 1.39. The zero-order chi connectivity index (χ0) is 17.4. The number of hydrogen-bond donors (Lipinski definition) is 1. The van der Waals surface area contributed by atoms with E-state index in [1.54, 1.807) is 0 Å². The molecular formula is C18H14F2N2O3. The minimum Gasteiger partial charge on any atom is -0.454 e. The van der Waals surface area contributed by atoms with E-state index >= 15 is 0 Å². The van der Waals surface area contributed by atoms with Gasteiger partial charge in [0.05, 0.1) is 10.9 Å². The van der Waals surface area contributed by atoms with Crippen molar-refractivity contribution in [2.45, 2.75) is 18.9 Å². The van der Waals surface area contributed by atoms with Crippen LogP contribution < -0.4 is 10.3 Å². The predicted molar refractivity (Wildman–Crippen MR) is 86.7 cm³/mol. The number of hydrogen-bond acceptors (Lipinski definition) is 4. The van der Waals surface area contributed by atoms with E-state index in [4.69, 9.17) is 9.47 Å². The van der Waals surface area contributed by atoms with E-state index in [2.05, 4.69) is 9.97 Å². The summed E-state index contributed by atoms with van der Waals surface area (Å²) in [7, 11) is 0. The van der Waals surface area contributed by atoms with Gasteiger partial charge in [-0.05, 0) is 43.2 Å². The van der Waals surface area contributed by atoms with E-state index in [0.29, 0.717) is 12.4 Å². The molecule has 0 saturated carbocycles. The van der Waals surface area contributed by atoms with E-state index in [9.17, 15) is 13.6 Å². The topological polar surface area (TPSA) is 64.2 Å². The number of benzene rings is 2. The molecule has 0 aliphatic carbocycles. The molecule has 2 heterocycles. The van der Waals surface area contributed by atoms with Crippen LogP contribution in [-0.4, -0.2) is 16.6 Å². The van der Waals surface area contributed by atoms with Gasteiger partial charge in [0.2, 0.25) is 0 Å². The van der Waals surface area contributed by atoms with Crippen molar-refractivity contribution >= 4 is 10.9 Å². The zero-order valence-electron chi connectivity index (χ0n) is 13.1. The number of nitrogens with one attached hydrogen (secondary N) is 1. The molecule has 1 aliphatic heterocycles. The Balaban J connectivity index is 1.73. The van der Waals surface area contributed by atoms with E-state index in [-0.39, 0.29) is 34.1 Å². The second-order valence-electron chi connectivity index (χ2n) is 5.81. The van der Waals surface area contributed by atoms with Crippen molar-refractivity contribution in [2.24, 2.45) is 0 Å². The molecule has 3 aromatic rings. The molecule has 7 heteroatoms. The van der Waals surface area contributed by atoms with Gasteiger partial charge in [0.15, 0.2) is 11.6 Å². The molecule has 1 saturated heterocycles. The third-order valence-electron chi connectivity index (χ3n) is 4.05. The van der Waals surface area contributed by atoms with Gasteiger partial charge in [-0.3, -0.25) is 4.79 Å². The van der Waals surface area contributed by atoms with Crippen molar-refractivity contribution in [3.63, 3.8) is 0 Å². The second kappa shape index (κ2) is 6.25. The van der Waals surface area contributed by atoms with Gasteiger partial charge in [0.25, 0.3) is 5.56 Å². The molecule has 1 N–H and O–H groups in total. The van der Waals surface area contributed by atoms with Crippen molar-refractivity contribution in [3.8, 4) is 11.5 Å². The molecular weight excluding hydrogens is 330 g/mol. The summed E-state index contributed by atoms with van der Waals surface area (Å²) in [5.41, 5.74) is -0.155. The summed E-state index contributed by atoms with van der Waals surface area (Å²) in [4.78, 5) is 19.3. The Kier molecular flexibility index (Phi) is 3.93. The lowest BCUT2D eigenvalue weighted by Crippen LogP contribution is -2.15. The third kappa shape index (κ3) is 3.10. The largest absolute Gasteiger partial charge is 0.454 e. The fourth-order valence-corrected chi connectivity index (χ4v) is 2.81. The second-order valence-corrected chi connectivity index (χ2v) is 5.81. The molecule has 0 radical (unpaired) electrons. The maximum atomic E-state index is 14.3. The van der Waals surface area contributed by atoms with E-state index in [1.807, 2.05) is 0 Å². The molecule has 1 atom stereocenters. The van der Waals surface area contributed by atoms with Gasteiger partial charge in [-0.2, -0.15) is 0 Å². The number of fused-ring (bicyclic) bond motifs is 1. The fraction of sp³-hybridized carbons (Fsp3) is 0.222. The Labute approximate surface area is 141 Å². The Bertz CT molecular complexity index is 980. The summed E-state index contributed by atoms with van der Waals surface area (Å²) in [5, 5.41) is 0.209. The Morgan fingerprint density at radius 1 is 1.20 bits per heavy atom. The third-order valence-corrected chi connectivity index (χ3v) is 4.05. The van der Waals surface area contributed by atoms with Gasteiger partial charge in [-0.25, -0.2) is 13.8 Å². The van der Waals surface area contributed by atoms with Crippen molar-refractivity contribution < 1.29 is 18.3 Å². The highest BCUT2D eigenvalue weighted by Crippen LogP contribution is 2.29. The lowest BCUT2D eigenvalue weighted by atomic mass is 10.2. The normalized spacial score (nSPS) is 17.1. The monoisotopic (exact) mass is 344 g/mol. The molecule has 0 amide bonds. The highest BCUT2D eigenvalue weighted by Gasteiger charge is 2.21. The predicted octanol–water partition coefficient (Wildman–Crippen LogP) is 3.85. The van der Waals surface area contributed by atoms with Gasteiger partial charge >= 0.3 is 0 Å². The fourth-order valence-electron chi connectivity index (χ4n) is 2.81. The first-order chi connectivity index (χ1) is 12.1. The maximum absolute atomic E-state index is 14.3. The first-order valence-corrected chi connectivity index (χ1v) is 7.88. The minimum atomic E-state index is -0.659. The molecule has 0 unspecified atom stereocenters. The molecule has 2 aromatic carbocycles. The van der Waals surface area contributed by atoms with Crippen LogP contribution in [0.2, 0.25) is 0 Å². The quantitative estimate of drug-likeness (QED) is 0.784. The number of H-pyrrole nitrogens is 1. The van der Waals surface area contributed by atoms with E-state index in [1.165, 1.54) is 30.3 Å². The number of ether oxygens (including phenoxy) is 2. The zero-order valence-corrected chi connectivity index (χ0v) is 13.1. The molecule has 0 bridgehead atoms. The van der Waals surface area contributed by atoms with Gasteiger partial charge < -0.3 is 14.5 Å². The van der Waals surface area contributed by atoms with Crippen LogP contribution in [0.25, 0.3) is 10.9 Å². The molecule has 1 aliphatic rings. The molecule has 5 nitrogen and oxygen atoms in total. The summed E-state index contributed by atoms with van der Waals surface area (Å²) in [6, 6.07) is 7.61. The minimum absolute atomic E-state index is 0.128. The van der Waals surface area contributed by atoms with Crippen LogP contribution in [0.5, 0.6) is 11.5 Å². The molecule has 1 fully saturated rings. The first kappa shape index (κ1) is 15.7. The average Bonchev–Trinajstić information content (AvgIpc) is 3.12. The lowest BCUT2D eigenvalue weighted by Gasteiger charge is -2.11. The summed E-state index contributed by atoms with van der Waals surface area (Å²) in [5.74, 6) is -0.542. The van der Waals surface area contributed by atoms with Crippen molar-refractivity contribution in [1.82, 2.24) is 9.97 Å². The van der Waals surface area contributed by atoms with Crippen LogP contribution in [-0.2, 0) is 4.74 Å². The average molecular weight is 344 g/mol. The number of nitrogens with zero attached hydrogens (tertiary/aromatic N) is 1. The van der Waals surface area contributed by atoms with E-state index < -0.39 is 11.6 Å². The number of aromatic nitrogens is 2. The summed E-state index contributed by atoms with van der Waals surface area (Å²) in [6.45, 7) is 0.616. The number of aromatic amines is 1. The smallest absolute Gasteiger partial charge is 0.258 e. The van der Waals surface area contributed by atoms with Crippen LogP contribution in [0, 0.1) is 11.6 Å². The maximum Gasteiger partial charge on any atom is 0.258 e. The van der Waals surface area contributed by atoms with Crippen molar-refractivity contribution in [3.05, 3.63) is 64.2 Å². The molecule has 25 heavy (non-hydrogen) atoms. The van der Waals surface area contributed by atoms with Crippen LogP contribution >= 0.6 is 0 Å². The molecule has 1 aromatic heterocycles. The van der Waals surface area contributed by atoms with Crippen LogP contribution in [0.3, 0.4) is 0 Å². The van der Waals surface area contributed by atoms with Crippen LogP contribution in [0.1, 0.15) is 24.8 Å². The number of halogens is 2. The Morgan fingerprint density at radius 3 is 2.72 bits per heavy atom. The van der Waals surface area contributed by atoms with Gasteiger partial charge in [0.1, 0.15) is 23.5 Å². The van der Waals surface area contributed by atoms with Crippen LogP contribution in [0.15, 0.2) is 41.2 Å². The molecule has 4 rings (SSSR count). The lowest BCUT2D eigenvalue weighted by molar-refractivity contribution is 0.105. The highest BCUT2D eigenvalue weighted by molar-refractivity contribution is 5.79. The first-order valence-electron chi connectivity index (χ1n) is 7.88. The summed E-state index contributed by atoms with van der Waals surface area (Å²) < 4.78 is 38.2. The van der Waals surface area contributed by atoms with Gasteiger partial charge in [-0.1, -0.05) is 0 Å². The summed E-state index contributed by atoms with van der Waals surface area (Å²) >= 11 is 0. The van der Waals surface area contributed by atoms with Crippen LogP contribution in [0.4, 0.5) is 8.78 Å².